The summed E-state index contributed by atoms with van der Waals surface area (Å²) in [7, 11) is 0. The average Bonchev–Trinajstić information content (AvgIpc) is 3.27. The van der Waals surface area contributed by atoms with E-state index in [9.17, 15) is 9.59 Å². The highest BCUT2D eigenvalue weighted by Crippen LogP contribution is 2.41. The highest BCUT2D eigenvalue weighted by molar-refractivity contribution is 6.10. The van der Waals surface area contributed by atoms with Gasteiger partial charge in [0.25, 0.3) is 0 Å². The summed E-state index contributed by atoms with van der Waals surface area (Å²) in [6.45, 7) is 10.7. The van der Waals surface area contributed by atoms with Crippen molar-refractivity contribution in [1.82, 2.24) is 0 Å². The summed E-state index contributed by atoms with van der Waals surface area (Å²) in [6.07, 6.45) is 0. The molecule has 0 aliphatic rings. The van der Waals surface area contributed by atoms with Gasteiger partial charge in [0.15, 0.2) is 0 Å². The largest absolute Gasteiger partial charge is 0.423 e. The SMILES string of the molecule is C=C(C)C(=O)Oc1ccc2cc(N(c3ccccc3)c3ccc4c(ccc5cc(N(c6ccccc6)c6ccc7cc(OC(=O)C(=C)C)ccc7c6)ccc54)c3)ccc2c1. The maximum atomic E-state index is 12.2. The Morgan fingerprint density at radius 2 is 0.683 bits per heavy atom. The smallest absolute Gasteiger partial charge is 0.338 e. The molecule has 0 unspecified atom stereocenters. The zero-order valence-electron chi connectivity index (χ0n) is 33.3. The van der Waals surface area contributed by atoms with Gasteiger partial charge in [-0.05, 0) is 154 Å². The summed E-state index contributed by atoms with van der Waals surface area (Å²) in [5.41, 5.74) is 6.86. The summed E-state index contributed by atoms with van der Waals surface area (Å²) in [6, 6.07) is 62.4. The van der Waals surface area contributed by atoms with Crippen molar-refractivity contribution in [3.8, 4) is 11.5 Å². The van der Waals surface area contributed by atoms with E-state index in [2.05, 4.69) is 156 Å². The minimum atomic E-state index is -0.442. The highest BCUT2D eigenvalue weighted by Gasteiger charge is 2.17. The monoisotopic (exact) mass is 780 g/mol. The zero-order valence-corrected chi connectivity index (χ0v) is 33.3. The van der Waals surface area contributed by atoms with Gasteiger partial charge in [-0.2, -0.15) is 0 Å². The van der Waals surface area contributed by atoms with Gasteiger partial charge in [-0.1, -0.05) is 98.1 Å². The third-order valence-corrected chi connectivity index (χ3v) is 10.6. The molecule has 6 nitrogen and oxygen atoms in total. The standard InChI is InChI=1S/C54H40N2O4/c1-35(2)53(57)59-49-25-19-37-29-45(21-17-39(37)33-49)55(43-11-7-5-8-12-43)47-23-27-51-41(31-47)15-16-42-32-48(24-28-52(42)51)56(44-13-9-6-10-14-44)46-22-18-40-34-50(26-20-38(40)30-46)60-54(58)36(3)4/h5-34H,1,3H2,2,4H3. The van der Waals surface area contributed by atoms with E-state index in [4.69, 9.17) is 9.47 Å². The number of ether oxygens (including phenoxy) is 2. The minimum absolute atomic E-state index is 0.354. The van der Waals surface area contributed by atoms with Crippen LogP contribution in [0.4, 0.5) is 34.1 Å². The van der Waals surface area contributed by atoms with E-state index in [1.807, 2.05) is 48.5 Å². The molecule has 0 aromatic heterocycles. The van der Waals surface area contributed by atoms with Crippen LogP contribution in [0.3, 0.4) is 0 Å². The Hall–Kier alpha value is -7.96. The molecule has 0 saturated heterocycles. The van der Waals surface area contributed by atoms with Gasteiger partial charge in [0, 0.05) is 45.3 Å². The molecule has 9 rings (SSSR count). The van der Waals surface area contributed by atoms with Crippen molar-refractivity contribution in [3.63, 3.8) is 0 Å². The van der Waals surface area contributed by atoms with E-state index >= 15 is 0 Å². The molecule has 0 heterocycles. The van der Waals surface area contributed by atoms with Gasteiger partial charge in [0.2, 0.25) is 0 Å². The molecule has 60 heavy (non-hydrogen) atoms. The molecule has 6 heteroatoms. The normalized spacial score (nSPS) is 11.1. The summed E-state index contributed by atoms with van der Waals surface area (Å²) in [5, 5.41) is 8.55. The molecular weight excluding hydrogens is 741 g/mol. The van der Waals surface area contributed by atoms with Crippen LogP contribution in [0.1, 0.15) is 13.8 Å². The van der Waals surface area contributed by atoms with Crippen LogP contribution in [0, 0.1) is 0 Å². The first-order chi connectivity index (χ1) is 29.2. The van der Waals surface area contributed by atoms with E-state index < -0.39 is 11.9 Å². The number of carbonyl (C=O) groups is 2. The van der Waals surface area contributed by atoms with Crippen molar-refractivity contribution in [2.24, 2.45) is 0 Å². The molecule has 0 fully saturated rings. The Bertz CT molecular complexity index is 2940. The van der Waals surface area contributed by atoms with Gasteiger partial charge in [0.05, 0.1) is 0 Å². The third-order valence-electron chi connectivity index (χ3n) is 10.6. The van der Waals surface area contributed by atoms with Crippen LogP contribution in [0.2, 0.25) is 0 Å². The molecular formula is C54H40N2O4. The van der Waals surface area contributed by atoms with Crippen LogP contribution in [0.5, 0.6) is 11.5 Å². The van der Waals surface area contributed by atoms with Crippen LogP contribution in [-0.4, -0.2) is 11.9 Å². The van der Waals surface area contributed by atoms with E-state index in [1.54, 1.807) is 13.8 Å². The lowest BCUT2D eigenvalue weighted by molar-refractivity contribution is -0.130. The minimum Gasteiger partial charge on any atom is -0.423 e. The van der Waals surface area contributed by atoms with E-state index in [-0.39, 0.29) is 0 Å². The van der Waals surface area contributed by atoms with Crippen LogP contribution in [0.25, 0.3) is 43.1 Å². The van der Waals surface area contributed by atoms with E-state index in [1.165, 1.54) is 0 Å². The Kier molecular flexibility index (Phi) is 9.88. The lowest BCUT2D eigenvalue weighted by Gasteiger charge is -2.27. The molecule has 0 saturated carbocycles. The second-order valence-corrected chi connectivity index (χ2v) is 14.9. The van der Waals surface area contributed by atoms with Gasteiger partial charge in [-0.15, -0.1) is 0 Å². The lowest BCUT2D eigenvalue weighted by atomic mass is 9.99. The number of rotatable bonds is 10. The van der Waals surface area contributed by atoms with Crippen LogP contribution in [0.15, 0.2) is 206 Å². The molecule has 0 spiro atoms. The van der Waals surface area contributed by atoms with E-state index in [0.29, 0.717) is 22.6 Å². The predicted molar refractivity (Wildman–Crippen MR) is 247 cm³/mol. The maximum Gasteiger partial charge on any atom is 0.338 e. The van der Waals surface area contributed by atoms with Gasteiger partial charge in [-0.3, -0.25) is 0 Å². The summed E-state index contributed by atoms with van der Waals surface area (Å²) >= 11 is 0. The van der Waals surface area contributed by atoms with Crippen molar-refractivity contribution in [1.29, 1.82) is 0 Å². The van der Waals surface area contributed by atoms with Gasteiger partial charge in [0.1, 0.15) is 11.5 Å². The lowest BCUT2D eigenvalue weighted by Crippen LogP contribution is -2.10. The first kappa shape index (κ1) is 37.6. The fraction of sp³-hybridized carbons (Fsp3) is 0.0370. The molecule has 290 valence electrons. The van der Waals surface area contributed by atoms with Gasteiger partial charge in [-0.25, -0.2) is 9.59 Å². The number of benzene rings is 9. The fourth-order valence-electron chi connectivity index (χ4n) is 7.59. The Balaban J connectivity index is 1.07. The third kappa shape index (κ3) is 7.46. The van der Waals surface area contributed by atoms with Crippen molar-refractivity contribution in [2.45, 2.75) is 13.8 Å². The van der Waals surface area contributed by atoms with Crippen molar-refractivity contribution in [2.75, 3.05) is 9.80 Å². The first-order valence-electron chi connectivity index (χ1n) is 19.7. The second kappa shape index (κ2) is 15.8. The van der Waals surface area contributed by atoms with Crippen molar-refractivity contribution < 1.29 is 19.1 Å². The number of anilines is 6. The quantitative estimate of drug-likeness (QED) is 0.0596. The molecule has 0 amide bonds. The number of nitrogens with zero attached hydrogens (tertiary/aromatic N) is 2. The number of fused-ring (bicyclic) bond motifs is 5. The highest BCUT2D eigenvalue weighted by atomic mass is 16.5. The maximum absolute atomic E-state index is 12.2. The molecule has 9 aromatic rings. The predicted octanol–water partition coefficient (Wildman–Crippen LogP) is 14.2. The fourth-order valence-corrected chi connectivity index (χ4v) is 7.59. The molecule has 0 bridgehead atoms. The van der Waals surface area contributed by atoms with Crippen molar-refractivity contribution >= 4 is 89.2 Å². The number of para-hydroxylation sites is 2. The first-order valence-corrected chi connectivity index (χ1v) is 19.7. The summed E-state index contributed by atoms with van der Waals surface area (Å²) in [5.74, 6) is 0.0867. The summed E-state index contributed by atoms with van der Waals surface area (Å²) < 4.78 is 11.0. The Morgan fingerprint density at radius 3 is 1.07 bits per heavy atom. The number of hydrogen-bond donors (Lipinski definition) is 0. The molecule has 0 aliphatic carbocycles. The topological polar surface area (TPSA) is 59.1 Å². The molecule has 0 atom stereocenters. The molecule has 9 aromatic carbocycles. The average molecular weight is 781 g/mol. The van der Waals surface area contributed by atoms with Gasteiger partial charge < -0.3 is 19.3 Å². The molecule has 0 radical (unpaired) electrons. The Morgan fingerprint density at radius 1 is 0.367 bits per heavy atom. The Labute approximate surface area is 348 Å². The zero-order chi connectivity index (χ0) is 41.3. The number of hydrogen-bond acceptors (Lipinski definition) is 6. The molecule has 0 aliphatic heterocycles. The van der Waals surface area contributed by atoms with Crippen LogP contribution >= 0.6 is 0 Å². The number of esters is 2. The number of carbonyl (C=O) groups excluding carboxylic acids is 2. The van der Waals surface area contributed by atoms with Crippen LogP contribution in [-0.2, 0) is 9.59 Å². The van der Waals surface area contributed by atoms with E-state index in [0.717, 1.165) is 77.2 Å². The molecule has 0 N–H and O–H groups in total. The van der Waals surface area contributed by atoms with Gasteiger partial charge >= 0.3 is 11.9 Å². The second-order valence-electron chi connectivity index (χ2n) is 14.9. The summed E-state index contributed by atoms with van der Waals surface area (Å²) in [4.78, 5) is 28.8. The van der Waals surface area contributed by atoms with Crippen LogP contribution < -0.4 is 19.3 Å². The van der Waals surface area contributed by atoms with Crippen molar-refractivity contribution in [3.05, 3.63) is 206 Å².